The molecule has 4 aromatic rings. The predicted octanol–water partition coefficient (Wildman–Crippen LogP) is 7.82. The number of ether oxygens (including phenoxy) is 9. The Morgan fingerprint density at radius 1 is 0.453 bits per heavy atom. The van der Waals surface area contributed by atoms with Crippen molar-refractivity contribution in [3.63, 3.8) is 0 Å². The van der Waals surface area contributed by atoms with Gasteiger partial charge in [-0.1, -0.05) is 38.1 Å². The van der Waals surface area contributed by atoms with Crippen LogP contribution in [0.2, 0.25) is 0 Å². The molecule has 0 amide bonds. The molecule has 2 N–H and O–H groups in total. The van der Waals surface area contributed by atoms with Crippen LogP contribution in [0.1, 0.15) is 74.4 Å². The summed E-state index contributed by atoms with van der Waals surface area (Å²) in [5.41, 5.74) is 3.18. The van der Waals surface area contributed by atoms with Crippen LogP contribution >= 0.6 is 0 Å². The predicted molar refractivity (Wildman–Crippen MR) is 200 cm³/mol. The molecule has 0 bridgehead atoms. The van der Waals surface area contributed by atoms with Crippen molar-refractivity contribution in [1.29, 1.82) is 0 Å². The third-order valence-corrected chi connectivity index (χ3v) is 10.1. The Kier molecular flexibility index (Phi) is 12.9. The van der Waals surface area contributed by atoms with Crippen molar-refractivity contribution in [2.75, 3.05) is 42.7 Å². The number of methoxy groups -OCH3 is 6. The molecule has 0 spiro atoms. The summed E-state index contributed by atoms with van der Waals surface area (Å²) < 4.78 is 52.2. The zero-order valence-electron chi connectivity index (χ0n) is 32.1. The number of aliphatic hydroxyl groups is 2. The van der Waals surface area contributed by atoms with Gasteiger partial charge in [-0.3, -0.25) is 0 Å². The van der Waals surface area contributed by atoms with E-state index in [1.165, 1.54) is 0 Å². The highest BCUT2D eigenvalue weighted by atomic mass is 16.5. The fourth-order valence-corrected chi connectivity index (χ4v) is 6.78. The van der Waals surface area contributed by atoms with Crippen molar-refractivity contribution >= 4 is 0 Å². The third kappa shape index (κ3) is 8.38. The number of benzene rings is 4. The molecule has 0 saturated carbocycles. The van der Waals surface area contributed by atoms with Crippen molar-refractivity contribution in [1.82, 2.24) is 0 Å². The minimum absolute atomic E-state index is 0.167. The molecule has 1 saturated heterocycles. The van der Waals surface area contributed by atoms with Crippen LogP contribution < -0.4 is 37.9 Å². The smallest absolute Gasteiger partial charge is 0.161 e. The topological polar surface area (TPSA) is 124 Å². The van der Waals surface area contributed by atoms with E-state index in [-0.39, 0.29) is 24.0 Å². The van der Waals surface area contributed by atoms with Crippen molar-refractivity contribution in [2.24, 2.45) is 11.8 Å². The van der Waals surface area contributed by atoms with Gasteiger partial charge < -0.3 is 52.8 Å². The van der Waals surface area contributed by atoms with Crippen molar-refractivity contribution in [3.8, 4) is 46.0 Å². The molecule has 11 heteroatoms. The Bertz CT molecular complexity index is 1700. The van der Waals surface area contributed by atoms with E-state index in [4.69, 9.17) is 42.6 Å². The second kappa shape index (κ2) is 17.3. The minimum Gasteiger partial charge on any atom is -0.493 e. The molecule has 0 aromatic heterocycles. The van der Waals surface area contributed by atoms with Gasteiger partial charge in [0.15, 0.2) is 46.0 Å². The molecule has 1 aliphatic rings. The van der Waals surface area contributed by atoms with Crippen LogP contribution in [0.3, 0.4) is 0 Å². The van der Waals surface area contributed by atoms with E-state index in [1.54, 1.807) is 92.9 Å². The lowest BCUT2D eigenvalue weighted by atomic mass is 9.85. The maximum Gasteiger partial charge on any atom is 0.161 e. The number of aliphatic hydroxyl groups excluding tert-OH is 2. The summed E-state index contributed by atoms with van der Waals surface area (Å²) >= 11 is 0. The molecule has 8 atom stereocenters. The van der Waals surface area contributed by atoms with Crippen molar-refractivity contribution < 1.29 is 52.8 Å². The van der Waals surface area contributed by atoms with E-state index in [0.29, 0.717) is 57.1 Å². The number of hydrogen-bond donors (Lipinski definition) is 2. The first-order valence-corrected chi connectivity index (χ1v) is 17.6. The highest BCUT2D eigenvalue weighted by Gasteiger charge is 2.41. The van der Waals surface area contributed by atoms with Gasteiger partial charge in [0.1, 0.15) is 24.4 Å². The lowest BCUT2D eigenvalue weighted by molar-refractivity contribution is 0.0281. The van der Waals surface area contributed by atoms with Gasteiger partial charge in [0.25, 0.3) is 0 Å². The first-order chi connectivity index (χ1) is 25.5. The fraction of sp³-hybridized carbons (Fsp3) is 0.429. The highest BCUT2D eigenvalue weighted by Crippen LogP contribution is 2.51. The van der Waals surface area contributed by atoms with E-state index in [1.807, 2.05) is 36.4 Å². The molecular formula is C42H52O11. The van der Waals surface area contributed by atoms with E-state index < -0.39 is 24.4 Å². The van der Waals surface area contributed by atoms with E-state index in [2.05, 4.69) is 13.8 Å². The molecule has 53 heavy (non-hydrogen) atoms. The van der Waals surface area contributed by atoms with Crippen LogP contribution in [0.15, 0.2) is 72.8 Å². The molecule has 5 rings (SSSR count). The van der Waals surface area contributed by atoms with Crippen molar-refractivity contribution in [2.45, 2.75) is 64.3 Å². The van der Waals surface area contributed by atoms with E-state index in [9.17, 15) is 10.2 Å². The summed E-state index contributed by atoms with van der Waals surface area (Å²) in [4.78, 5) is 0. The molecule has 0 unspecified atom stereocenters. The largest absolute Gasteiger partial charge is 0.493 e. The van der Waals surface area contributed by atoms with Gasteiger partial charge in [-0.2, -0.15) is 0 Å². The first-order valence-electron chi connectivity index (χ1n) is 17.6. The lowest BCUT2D eigenvalue weighted by Gasteiger charge is -2.24. The molecule has 1 aliphatic heterocycles. The Hall–Kier alpha value is -4.84. The van der Waals surface area contributed by atoms with Crippen LogP contribution in [-0.2, 0) is 4.74 Å². The van der Waals surface area contributed by atoms with Gasteiger partial charge in [0.2, 0.25) is 0 Å². The van der Waals surface area contributed by atoms with Crippen LogP contribution in [0.4, 0.5) is 0 Å². The van der Waals surface area contributed by atoms with Crippen LogP contribution in [-0.4, -0.2) is 65.1 Å². The minimum atomic E-state index is -0.932. The van der Waals surface area contributed by atoms with Gasteiger partial charge in [-0.05, 0) is 96.5 Å². The monoisotopic (exact) mass is 732 g/mol. The van der Waals surface area contributed by atoms with Crippen LogP contribution in [0, 0.1) is 11.8 Å². The second-order valence-electron chi connectivity index (χ2n) is 13.3. The molecule has 1 heterocycles. The molecular weight excluding hydrogens is 680 g/mol. The Balaban J connectivity index is 1.29. The molecule has 11 nitrogen and oxygen atoms in total. The van der Waals surface area contributed by atoms with Gasteiger partial charge in [-0.15, -0.1) is 0 Å². The summed E-state index contributed by atoms with van der Waals surface area (Å²) in [5, 5.41) is 22.2. The Labute approximate surface area is 312 Å². The Morgan fingerprint density at radius 2 is 0.774 bits per heavy atom. The molecule has 0 radical (unpaired) electrons. The molecule has 4 aromatic carbocycles. The normalized spacial score (nSPS) is 20.5. The van der Waals surface area contributed by atoms with Gasteiger partial charge in [0, 0.05) is 0 Å². The highest BCUT2D eigenvalue weighted by molar-refractivity contribution is 5.48. The molecule has 1 fully saturated rings. The average molecular weight is 733 g/mol. The summed E-state index contributed by atoms with van der Waals surface area (Å²) in [6, 6.07) is 22.1. The SMILES string of the molecule is COc1ccc([C@@H](O)[C@@H](C)Oc2ccc([C@H]3O[C@@H](c4ccc(O[C@@H](C)[C@@H](O)c5ccc(OC)c(OC)c5)c(OC)c4)[C@H](C)[C@@H]3C)cc2OC)cc1OC. The quantitative estimate of drug-likeness (QED) is 0.117. The average Bonchev–Trinajstić information content (AvgIpc) is 3.49. The summed E-state index contributed by atoms with van der Waals surface area (Å²) in [5.74, 6) is 4.62. The van der Waals surface area contributed by atoms with Crippen LogP contribution in [0.5, 0.6) is 46.0 Å². The standard InChI is InChI=1S/C42H52O11/c1-23-24(2)42(30-14-18-34(38(22-30)50-10)52-26(4)40(44)28-12-16-32(46-6)36(20-28)48-8)53-41(23)29-13-17-33(37(21-29)49-9)51-25(3)39(43)27-11-15-31(45-5)35(19-27)47-7/h11-26,39-44H,1-10H3/t23-,24+,25+,26-,39-,40+,41-,42+. The maximum atomic E-state index is 11.1. The van der Waals surface area contributed by atoms with Crippen LogP contribution in [0.25, 0.3) is 0 Å². The molecule has 0 aliphatic carbocycles. The van der Waals surface area contributed by atoms with E-state index >= 15 is 0 Å². The van der Waals surface area contributed by atoms with Gasteiger partial charge >= 0.3 is 0 Å². The van der Waals surface area contributed by atoms with Crippen molar-refractivity contribution in [3.05, 3.63) is 95.1 Å². The summed E-state index contributed by atoms with van der Waals surface area (Å²) in [7, 11) is 9.43. The zero-order valence-corrected chi connectivity index (χ0v) is 32.1. The fourth-order valence-electron chi connectivity index (χ4n) is 6.78. The number of rotatable bonds is 16. The second-order valence-corrected chi connectivity index (χ2v) is 13.3. The van der Waals surface area contributed by atoms with Gasteiger partial charge in [-0.25, -0.2) is 0 Å². The van der Waals surface area contributed by atoms with Gasteiger partial charge in [0.05, 0.1) is 54.9 Å². The summed E-state index contributed by atoms with van der Waals surface area (Å²) in [6.45, 7) is 7.96. The number of hydrogen-bond acceptors (Lipinski definition) is 11. The molecule has 286 valence electrons. The first kappa shape index (κ1) is 39.4. The maximum absolute atomic E-state index is 11.1. The third-order valence-electron chi connectivity index (χ3n) is 10.1. The van der Waals surface area contributed by atoms with E-state index in [0.717, 1.165) is 11.1 Å². The zero-order chi connectivity index (χ0) is 38.4. The lowest BCUT2D eigenvalue weighted by Crippen LogP contribution is -2.22. The summed E-state index contributed by atoms with van der Waals surface area (Å²) in [6.07, 6.45) is -3.49. The Morgan fingerprint density at radius 3 is 1.11 bits per heavy atom.